The van der Waals surface area contributed by atoms with Crippen molar-refractivity contribution in [3.8, 4) is 11.1 Å². The normalized spacial score (nSPS) is 11.3. The molecule has 0 spiro atoms. The Labute approximate surface area is 157 Å². The van der Waals surface area contributed by atoms with Crippen LogP contribution in [0.3, 0.4) is 0 Å². The van der Waals surface area contributed by atoms with E-state index >= 15 is 0 Å². The summed E-state index contributed by atoms with van der Waals surface area (Å²) in [6.45, 7) is 3.87. The molecule has 7 nitrogen and oxygen atoms in total. The van der Waals surface area contributed by atoms with Crippen LogP contribution in [0.4, 0.5) is 0 Å². The highest BCUT2D eigenvalue weighted by Crippen LogP contribution is 2.36. The number of aromatic nitrogens is 3. The minimum Gasteiger partial charge on any atom is -0.461 e. The Balaban J connectivity index is 2.27. The fraction of sp³-hybridized carbons (Fsp3) is 0.400. The molecule has 3 rings (SSSR count). The van der Waals surface area contributed by atoms with Gasteiger partial charge in [0.1, 0.15) is 5.69 Å². The Morgan fingerprint density at radius 2 is 2.11 bits per heavy atom. The number of carbonyl (C=O) groups excluding carboxylic acids is 1. The maximum atomic E-state index is 12.5. The van der Waals surface area contributed by atoms with Crippen LogP contribution in [-0.4, -0.2) is 44.2 Å². The van der Waals surface area contributed by atoms with Crippen molar-refractivity contribution in [1.82, 2.24) is 14.8 Å². The highest BCUT2D eigenvalue weighted by Gasteiger charge is 2.23. The van der Waals surface area contributed by atoms with Gasteiger partial charge >= 0.3 is 5.97 Å². The number of aliphatic hydroxyl groups is 2. The average Bonchev–Trinajstić information content (AvgIpc) is 3.16. The van der Waals surface area contributed by atoms with Crippen molar-refractivity contribution < 1.29 is 19.7 Å². The zero-order valence-electron chi connectivity index (χ0n) is 15.9. The van der Waals surface area contributed by atoms with E-state index in [0.717, 1.165) is 33.3 Å². The number of ether oxygens (including phenoxy) is 1. The minimum atomic E-state index is -0.405. The number of rotatable bonds is 7. The highest BCUT2D eigenvalue weighted by molar-refractivity contribution is 6.04. The molecule has 0 unspecified atom stereocenters. The Bertz CT molecular complexity index is 971. The number of hydrogen-bond acceptors (Lipinski definition) is 5. The fourth-order valence-corrected chi connectivity index (χ4v) is 3.61. The smallest absolute Gasteiger partial charge is 0.355 e. The van der Waals surface area contributed by atoms with Crippen LogP contribution in [0.5, 0.6) is 0 Å². The molecule has 7 heteroatoms. The van der Waals surface area contributed by atoms with Gasteiger partial charge in [0, 0.05) is 30.2 Å². The third kappa shape index (κ3) is 3.36. The molecule has 0 aliphatic carbocycles. The minimum absolute atomic E-state index is 0.0466. The summed E-state index contributed by atoms with van der Waals surface area (Å²) in [7, 11) is 1.80. The van der Waals surface area contributed by atoms with Gasteiger partial charge in [-0.1, -0.05) is 18.2 Å². The number of aliphatic hydroxyl groups excluding tert-OH is 2. The van der Waals surface area contributed by atoms with Crippen LogP contribution in [-0.2, 0) is 24.8 Å². The SMILES string of the molecule is CCOC(=O)c1[nH]c2c(-c3c(C)nn(C)c3CO)cccc2c1CCCO. The molecular formula is C20H25N3O4. The Morgan fingerprint density at radius 1 is 1.33 bits per heavy atom. The Hall–Kier alpha value is -2.64. The Morgan fingerprint density at radius 3 is 2.78 bits per heavy atom. The van der Waals surface area contributed by atoms with Gasteiger partial charge in [-0.25, -0.2) is 4.79 Å². The van der Waals surface area contributed by atoms with Gasteiger partial charge in [-0.3, -0.25) is 4.68 Å². The van der Waals surface area contributed by atoms with Crippen LogP contribution in [0.1, 0.15) is 40.8 Å². The summed E-state index contributed by atoms with van der Waals surface area (Å²) in [5.74, 6) is -0.405. The van der Waals surface area contributed by atoms with Crippen LogP contribution in [0.25, 0.3) is 22.0 Å². The van der Waals surface area contributed by atoms with Gasteiger partial charge in [0.2, 0.25) is 0 Å². The lowest BCUT2D eigenvalue weighted by molar-refractivity contribution is 0.0519. The summed E-state index contributed by atoms with van der Waals surface area (Å²) >= 11 is 0. The van der Waals surface area contributed by atoms with Crippen molar-refractivity contribution in [2.24, 2.45) is 7.05 Å². The first-order valence-corrected chi connectivity index (χ1v) is 9.08. The van der Waals surface area contributed by atoms with E-state index in [1.807, 2.05) is 25.1 Å². The second-order valence-electron chi connectivity index (χ2n) is 6.44. The van der Waals surface area contributed by atoms with Gasteiger partial charge in [-0.2, -0.15) is 5.10 Å². The number of carbonyl (C=O) groups is 1. The third-order valence-electron chi connectivity index (χ3n) is 4.77. The first-order valence-electron chi connectivity index (χ1n) is 9.08. The van der Waals surface area contributed by atoms with E-state index in [1.54, 1.807) is 18.7 Å². The number of esters is 1. The summed E-state index contributed by atoms with van der Waals surface area (Å²) in [5.41, 5.74) is 5.31. The van der Waals surface area contributed by atoms with E-state index < -0.39 is 5.97 Å². The standard InChI is InChI=1S/C20H25N3O4/c1-4-27-20(26)19-14(9-6-10-24)13-7-5-8-15(18(13)21-19)17-12(2)22-23(3)16(17)11-25/h5,7-8,21,24-25H,4,6,9-11H2,1-3H3. The monoisotopic (exact) mass is 371 g/mol. The van der Waals surface area contributed by atoms with E-state index in [0.29, 0.717) is 24.2 Å². The van der Waals surface area contributed by atoms with Crippen molar-refractivity contribution in [3.63, 3.8) is 0 Å². The van der Waals surface area contributed by atoms with E-state index in [2.05, 4.69) is 10.1 Å². The fourth-order valence-electron chi connectivity index (χ4n) is 3.61. The summed E-state index contributed by atoms with van der Waals surface area (Å²) in [4.78, 5) is 15.7. The Kier molecular flexibility index (Phi) is 5.62. The summed E-state index contributed by atoms with van der Waals surface area (Å²) in [5, 5.41) is 24.4. The van der Waals surface area contributed by atoms with E-state index in [1.165, 1.54) is 0 Å². The first kappa shape index (κ1) is 19.1. The molecule has 2 aromatic heterocycles. The molecule has 0 fully saturated rings. The molecule has 2 heterocycles. The number of benzene rings is 1. The maximum absolute atomic E-state index is 12.5. The number of nitrogens with zero attached hydrogens (tertiary/aromatic N) is 2. The predicted octanol–water partition coefficient (Wildman–Crippen LogP) is 2.47. The molecule has 0 radical (unpaired) electrons. The number of aromatic amines is 1. The number of aryl methyl sites for hydroxylation is 3. The molecule has 0 atom stereocenters. The number of fused-ring (bicyclic) bond motifs is 1. The molecule has 144 valence electrons. The average molecular weight is 371 g/mol. The lowest BCUT2D eigenvalue weighted by Crippen LogP contribution is -2.08. The largest absolute Gasteiger partial charge is 0.461 e. The zero-order chi connectivity index (χ0) is 19.6. The molecule has 0 saturated heterocycles. The van der Waals surface area contributed by atoms with Crippen LogP contribution in [0, 0.1) is 6.92 Å². The second-order valence-corrected chi connectivity index (χ2v) is 6.44. The van der Waals surface area contributed by atoms with Gasteiger partial charge in [0.05, 0.1) is 30.1 Å². The van der Waals surface area contributed by atoms with Gasteiger partial charge in [-0.05, 0) is 32.3 Å². The van der Waals surface area contributed by atoms with E-state index in [-0.39, 0.29) is 19.8 Å². The lowest BCUT2D eigenvalue weighted by Gasteiger charge is -2.06. The highest BCUT2D eigenvalue weighted by atomic mass is 16.5. The number of H-pyrrole nitrogens is 1. The van der Waals surface area contributed by atoms with Crippen molar-refractivity contribution in [2.75, 3.05) is 13.2 Å². The van der Waals surface area contributed by atoms with Crippen LogP contribution in [0.2, 0.25) is 0 Å². The van der Waals surface area contributed by atoms with Gasteiger partial charge < -0.3 is 19.9 Å². The number of hydrogen-bond donors (Lipinski definition) is 3. The van der Waals surface area contributed by atoms with Crippen LogP contribution in [0.15, 0.2) is 18.2 Å². The third-order valence-corrected chi connectivity index (χ3v) is 4.77. The summed E-state index contributed by atoms with van der Waals surface area (Å²) in [6, 6.07) is 5.83. The number of nitrogens with one attached hydrogen (secondary N) is 1. The second kappa shape index (κ2) is 7.94. The summed E-state index contributed by atoms with van der Waals surface area (Å²) in [6.07, 6.45) is 1.12. The van der Waals surface area contributed by atoms with Crippen molar-refractivity contribution in [2.45, 2.75) is 33.3 Å². The van der Waals surface area contributed by atoms with E-state index in [4.69, 9.17) is 4.74 Å². The molecule has 0 saturated carbocycles. The molecule has 0 bridgehead atoms. The number of para-hydroxylation sites is 1. The van der Waals surface area contributed by atoms with Gasteiger partial charge in [0.15, 0.2) is 0 Å². The zero-order valence-corrected chi connectivity index (χ0v) is 15.9. The summed E-state index contributed by atoms with van der Waals surface area (Å²) < 4.78 is 6.88. The molecule has 3 N–H and O–H groups in total. The van der Waals surface area contributed by atoms with Crippen molar-refractivity contribution in [3.05, 3.63) is 40.8 Å². The predicted molar refractivity (Wildman–Crippen MR) is 103 cm³/mol. The first-order chi connectivity index (χ1) is 13.0. The molecule has 27 heavy (non-hydrogen) atoms. The quantitative estimate of drug-likeness (QED) is 0.554. The lowest BCUT2D eigenvalue weighted by atomic mass is 9.98. The van der Waals surface area contributed by atoms with Crippen molar-refractivity contribution in [1.29, 1.82) is 0 Å². The van der Waals surface area contributed by atoms with Crippen molar-refractivity contribution >= 4 is 16.9 Å². The van der Waals surface area contributed by atoms with Gasteiger partial charge in [-0.15, -0.1) is 0 Å². The van der Waals surface area contributed by atoms with Gasteiger partial charge in [0.25, 0.3) is 0 Å². The maximum Gasteiger partial charge on any atom is 0.355 e. The van der Waals surface area contributed by atoms with Crippen LogP contribution < -0.4 is 0 Å². The molecule has 0 aliphatic rings. The molecule has 0 aliphatic heterocycles. The molecule has 0 amide bonds. The molecular weight excluding hydrogens is 346 g/mol. The molecule has 1 aromatic carbocycles. The topological polar surface area (TPSA) is 100 Å². The molecule has 3 aromatic rings. The van der Waals surface area contributed by atoms with E-state index in [9.17, 15) is 15.0 Å². The van der Waals surface area contributed by atoms with Crippen LogP contribution >= 0.6 is 0 Å².